The Morgan fingerprint density at radius 3 is 2.50 bits per heavy atom. The second-order valence-electron chi connectivity index (χ2n) is 8.39. The lowest BCUT2D eigenvalue weighted by molar-refractivity contribution is 0.284. The number of nitrogens with one attached hydrogen (secondary N) is 1. The van der Waals surface area contributed by atoms with Crippen LogP contribution in [-0.4, -0.2) is 75.6 Å². The van der Waals surface area contributed by atoms with Crippen LogP contribution in [0.15, 0.2) is 36.5 Å². The number of aliphatic hydroxyl groups excluding tert-OH is 1. The van der Waals surface area contributed by atoms with Crippen LogP contribution < -0.4 is 16.0 Å². The molecule has 4 rings (SSSR count). The summed E-state index contributed by atoms with van der Waals surface area (Å²) in [6.07, 6.45) is 6.49. The molecule has 1 fully saturated rings. The number of benzene rings is 1. The number of piperazine rings is 1. The molecule has 0 atom stereocenters. The zero-order chi connectivity index (χ0) is 24.8. The Morgan fingerprint density at radius 2 is 1.81 bits per heavy atom. The van der Waals surface area contributed by atoms with Crippen LogP contribution >= 0.6 is 12.4 Å². The van der Waals surface area contributed by atoms with Gasteiger partial charge in [0.2, 0.25) is 5.95 Å². The first-order chi connectivity index (χ1) is 16.9. The van der Waals surface area contributed by atoms with E-state index in [-0.39, 0.29) is 25.0 Å². The molecular weight excluding hydrogens is 490 g/mol. The molecule has 0 spiro atoms. The molecule has 4 N–H and O–H groups in total. The molecule has 1 aromatic carbocycles. The van der Waals surface area contributed by atoms with E-state index in [1.54, 1.807) is 16.9 Å². The first-order valence-corrected chi connectivity index (χ1v) is 11.6. The van der Waals surface area contributed by atoms with Gasteiger partial charge in [0, 0.05) is 69.3 Å². The van der Waals surface area contributed by atoms with E-state index in [1.165, 1.54) is 12.1 Å². The third-order valence-electron chi connectivity index (χ3n) is 5.88. The standard InChI is InChI=1S/C24H30F2N8O.ClH/c1-17-18(16-29-34(17)23-15-22(28-5-3-11-35)30-24(27)31-23)4-2-6-32-7-9-33(10-8-32)21-13-19(25)12-20(26)14-21;/h2,4,12-16,35H,3,5-11H2,1H3,(H3,27,28,30,31);1H. The van der Waals surface area contributed by atoms with Crippen molar-refractivity contribution in [2.75, 3.05) is 61.8 Å². The maximum absolute atomic E-state index is 13.5. The Balaban J connectivity index is 0.00000361. The van der Waals surface area contributed by atoms with Crippen molar-refractivity contribution in [3.05, 3.63) is 59.4 Å². The van der Waals surface area contributed by atoms with Gasteiger partial charge < -0.3 is 21.1 Å². The molecule has 3 aromatic rings. The van der Waals surface area contributed by atoms with E-state index >= 15 is 0 Å². The van der Waals surface area contributed by atoms with Crippen LogP contribution in [0.25, 0.3) is 11.9 Å². The molecule has 194 valence electrons. The van der Waals surface area contributed by atoms with Crippen molar-refractivity contribution in [1.82, 2.24) is 24.6 Å². The van der Waals surface area contributed by atoms with E-state index in [4.69, 9.17) is 10.8 Å². The summed E-state index contributed by atoms with van der Waals surface area (Å²) in [6, 6.07) is 5.41. The van der Waals surface area contributed by atoms with Crippen LogP contribution in [0.2, 0.25) is 0 Å². The fourth-order valence-corrected chi connectivity index (χ4v) is 4.00. The molecule has 2 aromatic heterocycles. The van der Waals surface area contributed by atoms with Crippen molar-refractivity contribution in [2.45, 2.75) is 13.3 Å². The Labute approximate surface area is 215 Å². The Hall–Kier alpha value is -3.28. The van der Waals surface area contributed by atoms with E-state index in [0.717, 1.165) is 37.0 Å². The molecule has 0 amide bonds. The van der Waals surface area contributed by atoms with Crippen molar-refractivity contribution >= 4 is 35.9 Å². The Morgan fingerprint density at radius 1 is 1.08 bits per heavy atom. The van der Waals surface area contributed by atoms with Gasteiger partial charge in [0.05, 0.1) is 11.9 Å². The molecular formula is C24H31ClF2N8O. The lowest BCUT2D eigenvalue weighted by Crippen LogP contribution is -2.46. The second-order valence-corrected chi connectivity index (χ2v) is 8.39. The third kappa shape index (κ3) is 6.90. The lowest BCUT2D eigenvalue weighted by atomic mass is 10.2. The SMILES string of the molecule is Cc1c(C=CCN2CCN(c3cc(F)cc(F)c3)CC2)cnn1-c1cc(NCCCO)nc(N)n1.Cl. The van der Waals surface area contributed by atoms with Gasteiger partial charge in [-0.2, -0.15) is 15.1 Å². The van der Waals surface area contributed by atoms with Gasteiger partial charge in [-0.1, -0.05) is 12.2 Å². The number of nitrogen functional groups attached to an aromatic ring is 1. The highest BCUT2D eigenvalue weighted by atomic mass is 35.5. The fourth-order valence-electron chi connectivity index (χ4n) is 4.00. The number of hydrogen-bond donors (Lipinski definition) is 3. The van der Waals surface area contributed by atoms with Crippen LogP contribution in [0, 0.1) is 18.6 Å². The molecule has 3 heterocycles. The van der Waals surface area contributed by atoms with Gasteiger partial charge in [-0.25, -0.2) is 13.5 Å². The summed E-state index contributed by atoms with van der Waals surface area (Å²) in [5.41, 5.74) is 8.33. The number of nitrogens with zero attached hydrogens (tertiary/aromatic N) is 6. The van der Waals surface area contributed by atoms with E-state index < -0.39 is 11.6 Å². The van der Waals surface area contributed by atoms with Crippen LogP contribution in [0.4, 0.5) is 26.2 Å². The van der Waals surface area contributed by atoms with Crippen LogP contribution in [0.5, 0.6) is 0 Å². The van der Waals surface area contributed by atoms with Crippen LogP contribution in [-0.2, 0) is 0 Å². The highest BCUT2D eigenvalue weighted by molar-refractivity contribution is 5.85. The predicted molar refractivity (Wildman–Crippen MR) is 140 cm³/mol. The summed E-state index contributed by atoms with van der Waals surface area (Å²) in [7, 11) is 0. The maximum Gasteiger partial charge on any atom is 0.224 e. The summed E-state index contributed by atoms with van der Waals surface area (Å²) in [6.45, 7) is 6.40. The average Bonchev–Trinajstić information content (AvgIpc) is 3.19. The quantitative estimate of drug-likeness (QED) is 0.370. The summed E-state index contributed by atoms with van der Waals surface area (Å²) >= 11 is 0. The Kier molecular flexibility index (Phi) is 9.57. The van der Waals surface area contributed by atoms with Crippen molar-refractivity contribution in [1.29, 1.82) is 0 Å². The fraction of sp³-hybridized carbons (Fsp3) is 0.375. The van der Waals surface area contributed by atoms with Gasteiger partial charge in [-0.05, 0) is 25.5 Å². The van der Waals surface area contributed by atoms with Gasteiger partial charge in [0.25, 0.3) is 0 Å². The zero-order valence-corrected chi connectivity index (χ0v) is 20.9. The van der Waals surface area contributed by atoms with Gasteiger partial charge in [0.15, 0.2) is 5.82 Å². The average molecular weight is 521 g/mol. The van der Waals surface area contributed by atoms with Gasteiger partial charge in [-0.15, -0.1) is 12.4 Å². The third-order valence-corrected chi connectivity index (χ3v) is 5.88. The summed E-state index contributed by atoms with van der Waals surface area (Å²) < 4.78 is 28.7. The minimum Gasteiger partial charge on any atom is -0.396 e. The number of aromatic nitrogens is 4. The molecule has 0 unspecified atom stereocenters. The molecule has 1 aliphatic heterocycles. The van der Waals surface area contributed by atoms with E-state index in [9.17, 15) is 8.78 Å². The lowest BCUT2D eigenvalue weighted by Gasteiger charge is -2.35. The summed E-state index contributed by atoms with van der Waals surface area (Å²) in [5.74, 6) is 0.167. The molecule has 0 bridgehead atoms. The second kappa shape index (κ2) is 12.6. The Bertz CT molecular complexity index is 1160. The van der Waals surface area contributed by atoms with Crippen LogP contribution in [0.1, 0.15) is 17.7 Å². The minimum absolute atomic E-state index is 0. The monoisotopic (exact) mass is 520 g/mol. The molecule has 12 heteroatoms. The number of anilines is 3. The number of hydrogen-bond acceptors (Lipinski definition) is 8. The minimum atomic E-state index is -0.555. The number of halogens is 3. The molecule has 36 heavy (non-hydrogen) atoms. The normalized spacial score (nSPS) is 14.3. The van der Waals surface area contributed by atoms with Crippen molar-refractivity contribution < 1.29 is 13.9 Å². The number of aliphatic hydroxyl groups is 1. The molecule has 0 aliphatic carbocycles. The van der Waals surface area contributed by atoms with Crippen molar-refractivity contribution in [3.8, 4) is 5.82 Å². The summed E-state index contributed by atoms with van der Waals surface area (Å²) in [4.78, 5) is 12.8. The zero-order valence-electron chi connectivity index (χ0n) is 20.1. The predicted octanol–water partition coefficient (Wildman–Crippen LogP) is 2.88. The van der Waals surface area contributed by atoms with Gasteiger partial charge in [-0.3, -0.25) is 4.90 Å². The van der Waals surface area contributed by atoms with E-state index in [2.05, 4.69) is 31.4 Å². The smallest absolute Gasteiger partial charge is 0.224 e. The largest absolute Gasteiger partial charge is 0.396 e. The maximum atomic E-state index is 13.5. The summed E-state index contributed by atoms with van der Waals surface area (Å²) in [5, 5.41) is 16.5. The molecule has 0 radical (unpaired) electrons. The van der Waals surface area contributed by atoms with Crippen molar-refractivity contribution in [2.24, 2.45) is 0 Å². The topological polar surface area (TPSA) is 108 Å². The highest BCUT2D eigenvalue weighted by Crippen LogP contribution is 2.20. The molecule has 9 nitrogen and oxygen atoms in total. The first kappa shape index (κ1) is 27.3. The molecule has 1 aliphatic rings. The van der Waals surface area contributed by atoms with E-state index in [1.807, 2.05) is 17.9 Å². The van der Waals surface area contributed by atoms with Gasteiger partial charge in [0.1, 0.15) is 17.5 Å². The first-order valence-electron chi connectivity index (χ1n) is 11.6. The number of rotatable bonds is 9. The molecule has 1 saturated heterocycles. The number of nitrogens with two attached hydrogens (primary N) is 1. The van der Waals surface area contributed by atoms with E-state index in [0.29, 0.717) is 43.4 Å². The van der Waals surface area contributed by atoms with Crippen molar-refractivity contribution in [3.63, 3.8) is 0 Å². The highest BCUT2D eigenvalue weighted by Gasteiger charge is 2.17. The molecule has 0 saturated carbocycles. The van der Waals surface area contributed by atoms with Crippen LogP contribution in [0.3, 0.4) is 0 Å². The van der Waals surface area contributed by atoms with Gasteiger partial charge >= 0.3 is 0 Å².